The first-order chi connectivity index (χ1) is 6.33. The average Bonchev–Trinajstić information content (AvgIpc) is 2.51. The number of rotatable bonds is 2. The van der Waals surface area contributed by atoms with Gasteiger partial charge in [-0.25, -0.2) is 0 Å². The molecule has 0 unspecified atom stereocenters. The van der Waals surface area contributed by atoms with Crippen LogP contribution in [0.5, 0.6) is 0 Å². The third-order valence-corrected chi connectivity index (χ3v) is 3.18. The van der Waals surface area contributed by atoms with E-state index in [1.54, 1.807) is 11.8 Å². The van der Waals surface area contributed by atoms with Crippen LogP contribution in [0.1, 0.15) is 5.56 Å². The molecule has 68 valence electrons. The second-order valence-electron chi connectivity index (χ2n) is 2.81. The quantitative estimate of drug-likeness (QED) is 0.804. The van der Waals surface area contributed by atoms with Gasteiger partial charge in [0.15, 0.2) is 0 Å². The number of halogens is 1. The lowest BCUT2D eigenvalue weighted by molar-refractivity contribution is 0.612. The molecule has 1 aromatic heterocycles. The Morgan fingerprint density at radius 2 is 2.31 bits per heavy atom. The van der Waals surface area contributed by atoms with Crippen molar-refractivity contribution in [1.82, 2.24) is 0 Å². The Hall–Kier alpha value is -0.410. The van der Waals surface area contributed by atoms with Gasteiger partial charge in [-0.2, -0.15) is 11.8 Å². The van der Waals surface area contributed by atoms with Crippen molar-refractivity contribution in [3.05, 3.63) is 34.5 Å². The lowest BCUT2D eigenvalue weighted by Crippen LogP contribution is -1.76. The number of thioether (sulfide) groups is 1. The van der Waals surface area contributed by atoms with Crippen LogP contribution in [0.2, 0.25) is 0 Å². The molecule has 1 heterocycles. The summed E-state index contributed by atoms with van der Waals surface area (Å²) in [6.45, 7) is 0. The van der Waals surface area contributed by atoms with Gasteiger partial charge in [0.25, 0.3) is 0 Å². The average molecular weight is 257 g/mol. The van der Waals surface area contributed by atoms with Gasteiger partial charge in [0.1, 0.15) is 5.58 Å². The summed E-state index contributed by atoms with van der Waals surface area (Å²) in [7, 11) is 0. The molecule has 0 spiro atoms. The molecular formula is C10H9BrOS. The molecule has 0 aliphatic rings. The molecule has 1 aromatic carbocycles. The van der Waals surface area contributed by atoms with Crippen molar-refractivity contribution in [1.29, 1.82) is 0 Å². The SMILES string of the molecule is CSCc1coc2cccc(Br)c12. The molecule has 0 fully saturated rings. The molecule has 0 aliphatic carbocycles. The lowest BCUT2D eigenvalue weighted by Gasteiger charge is -1.96. The number of fused-ring (bicyclic) bond motifs is 1. The van der Waals surface area contributed by atoms with Crippen molar-refractivity contribution in [2.24, 2.45) is 0 Å². The van der Waals surface area contributed by atoms with E-state index in [-0.39, 0.29) is 0 Å². The predicted octanol–water partition coefficient (Wildman–Crippen LogP) is 4.06. The van der Waals surface area contributed by atoms with Crippen LogP contribution in [-0.4, -0.2) is 6.26 Å². The molecule has 3 heteroatoms. The third-order valence-electron chi connectivity index (χ3n) is 1.92. The first kappa shape index (κ1) is 9.16. The van der Waals surface area contributed by atoms with Crippen molar-refractivity contribution in [2.75, 3.05) is 6.26 Å². The van der Waals surface area contributed by atoms with Crippen molar-refractivity contribution in [3.63, 3.8) is 0 Å². The van der Waals surface area contributed by atoms with Gasteiger partial charge >= 0.3 is 0 Å². The number of hydrogen-bond donors (Lipinski definition) is 0. The standard InChI is InChI=1S/C10H9BrOS/c1-13-6-7-5-12-9-4-2-3-8(11)10(7)9/h2-5H,6H2,1H3. The minimum atomic E-state index is 0.957. The fourth-order valence-corrected chi connectivity index (χ4v) is 2.50. The lowest BCUT2D eigenvalue weighted by atomic mass is 10.2. The summed E-state index contributed by atoms with van der Waals surface area (Å²) in [5.41, 5.74) is 2.22. The zero-order valence-electron chi connectivity index (χ0n) is 7.21. The first-order valence-electron chi connectivity index (χ1n) is 3.96. The summed E-state index contributed by atoms with van der Waals surface area (Å²) in [5, 5.41) is 1.21. The molecule has 0 N–H and O–H groups in total. The molecule has 2 aromatic rings. The van der Waals surface area contributed by atoms with E-state index in [0.717, 1.165) is 15.8 Å². The zero-order valence-corrected chi connectivity index (χ0v) is 9.61. The van der Waals surface area contributed by atoms with Crippen LogP contribution >= 0.6 is 27.7 Å². The van der Waals surface area contributed by atoms with Crippen LogP contribution in [0.3, 0.4) is 0 Å². The van der Waals surface area contributed by atoms with E-state index < -0.39 is 0 Å². The molecule has 0 radical (unpaired) electrons. The number of hydrogen-bond acceptors (Lipinski definition) is 2. The van der Waals surface area contributed by atoms with E-state index >= 15 is 0 Å². The Morgan fingerprint density at radius 3 is 3.08 bits per heavy atom. The molecule has 2 rings (SSSR count). The fraction of sp³-hybridized carbons (Fsp3) is 0.200. The molecule has 1 nitrogen and oxygen atoms in total. The van der Waals surface area contributed by atoms with E-state index in [4.69, 9.17) is 4.42 Å². The van der Waals surface area contributed by atoms with Crippen LogP contribution in [0.4, 0.5) is 0 Å². The maximum Gasteiger partial charge on any atom is 0.135 e. The Bertz CT molecular complexity index is 422. The van der Waals surface area contributed by atoms with Gasteiger partial charge in [-0.15, -0.1) is 0 Å². The summed E-state index contributed by atoms with van der Waals surface area (Å²) in [6.07, 6.45) is 3.93. The van der Waals surface area contributed by atoms with Gasteiger partial charge in [-0.05, 0) is 18.4 Å². The minimum absolute atomic E-state index is 0.957. The second kappa shape index (κ2) is 3.76. The van der Waals surface area contributed by atoms with Crippen LogP contribution in [0.15, 0.2) is 33.4 Å². The van der Waals surface area contributed by atoms with Crippen molar-refractivity contribution < 1.29 is 4.42 Å². The van der Waals surface area contributed by atoms with E-state index in [0.29, 0.717) is 0 Å². The summed E-state index contributed by atoms with van der Waals surface area (Å²) in [5.74, 6) is 0.996. The second-order valence-corrected chi connectivity index (χ2v) is 4.53. The molecule has 0 saturated heterocycles. The first-order valence-corrected chi connectivity index (χ1v) is 6.15. The summed E-state index contributed by atoms with van der Waals surface area (Å²) < 4.78 is 6.55. The molecule has 0 atom stereocenters. The predicted molar refractivity (Wildman–Crippen MR) is 61.1 cm³/mol. The van der Waals surface area contributed by atoms with E-state index in [2.05, 4.69) is 22.2 Å². The Morgan fingerprint density at radius 1 is 1.46 bits per heavy atom. The Labute approximate surface area is 89.6 Å². The topological polar surface area (TPSA) is 13.1 Å². The van der Waals surface area contributed by atoms with E-state index in [9.17, 15) is 0 Å². The number of benzene rings is 1. The molecule has 0 bridgehead atoms. The highest BCUT2D eigenvalue weighted by atomic mass is 79.9. The maximum absolute atomic E-state index is 5.44. The van der Waals surface area contributed by atoms with Crippen molar-refractivity contribution in [3.8, 4) is 0 Å². The van der Waals surface area contributed by atoms with Gasteiger partial charge in [0.05, 0.1) is 6.26 Å². The number of furan rings is 1. The third kappa shape index (κ3) is 1.63. The molecule has 0 saturated carbocycles. The molecule has 13 heavy (non-hydrogen) atoms. The van der Waals surface area contributed by atoms with Gasteiger partial charge in [0.2, 0.25) is 0 Å². The Balaban J connectivity index is 2.64. The molecule has 0 amide bonds. The van der Waals surface area contributed by atoms with Crippen LogP contribution in [0.25, 0.3) is 11.0 Å². The summed E-state index contributed by atoms with van der Waals surface area (Å²) >= 11 is 5.33. The molecule has 0 aliphatic heterocycles. The van der Waals surface area contributed by atoms with Crippen LogP contribution in [-0.2, 0) is 5.75 Å². The minimum Gasteiger partial charge on any atom is -0.464 e. The van der Waals surface area contributed by atoms with E-state index in [1.165, 1.54) is 10.9 Å². The van der Waals surface area contributed by atoms with Crippen LogP contribution < -0.4 is 0 Å². The van der Waals surface area contributed by atoms with E-state index in [1.807, 2.05) is 24.5 Å². The van der Waals surface area contributed by atoms with Gasteiger partial charge in [-0.1, -0.05) is 22.0 Å². The highest BCUT2D eigenvalue weighted by Gasteiger charge is 2.07. The highest BCUT2D eigenvalue weighted by molar-refractivity contribution is 9.10. The van der Waals surface area contributed by atoms with Gasteiger partial charge in [-0.3, -0.25) is 0 Å². The monoisotopic (exact) mass is 256 g/mol. The fourth-order valence-electron chi connectivity index (χ4n) is 1.37. The van der Waals surface area contributed by atoms with Gasteiger partial charge in [0, 0.05) is 21.2 Å². The molecular weight excluding hydrogens is 248 g/mol. The maximum atomic E-state index is 5.44. The Kier molecular flexibility index (Phi) is 2.65. The van der Waals surface area contributed by atoms with Crippen LogP contribution in [0, 0.1) is 0 Å². The summed E-state index contributed by atoms with van der Waals surface area (Å²) in [6, 6.07) is 6.02. The zero-order chi connectivity index (χ0) is 9.26. The smallest absolute Gasteiger partial charge is 0.135 e. The summed E-state index contributed by atoms with van der Waals surface area (Å²) in [4.78, 5) is 0. The van der Waals surface area contributed by atoms with Crippen molar-refractivity contribution in [2.45, 2.75) is 5.75 Å². The normalized spacial score (nSPS) is 10.9. The van der Waals surface area contributed by atoms with Crippen molar-refractivity contribution >= 4 is 38.7 Å². The largest absolute Gasteiger partial charge is 0.464 e. The van der Waals surface area contributed by atoms with Gasteiger partial charge < -0.3 is 4.42 Å². The highest BCUT2D eigenvalue weighted by Crippen LogP contribution is 2.30.